The Morgan fingerprint density at radius 3 is 2.55 bits per heavy atom. The third kappa shape index (κ3) is 5.22. The Balaban J connectivity index is 2.00. The Kier molecular flexibility index (Phi) is 7.49. The predicted molar refractivity (Wildman–Crippen MR) is 123 cm³/mol. The van der Waals surface area contributed by atoms with E-state index in [1.807, 2.05) is 24.3 Å². The minimum absolute atomic E-state index is 0.160. The number of aliphatic carboxylic acids is 1. The number of fused-ring (bicyclic) bond motifs is 1. The van der Waals surface area contributed by atoms with Gasteiger partial charge in [0.1, 0.15) is 23.6 Å². The highest BCUT2D eigenvalue weighted by Crippen LogP contribution is 2.33. The number of nitrogens with zero attached hydrogens (tertiary/aromatic N) is 2. The van der Waals surface area contributed by atoms with Gasteiger partial charge in [0.2, 0.25) is 5.91 Å². The van der Waals surface area contributed by atoms with Crippen molar-refractivity contribution < 1.29 is 24.2 Å². The fraction of sp³-hybridized carbons (Fsp3) is 0.240. The molecule has 1 amide bonds. The molecule has 0 spiro atoms. The van der Waals surface area contributed by atoms with Crippen molar-refractivity contribution in [3.8, 4) is 17.6 Å². The molecule has 0 heterocycles. The summed E-state index contributed by atoms with van der Waals surface area (Å²) in [6, 6.07) is 17.5. The zero-order chi connectivity index (χ0) is 24.0. The number of amides is 1. The van der Waals surface area contributed by atoms with Crippen LogP contribution in [0.5, 0.6) is 11.5 Å². The molecule has 8 nitrogen and oxygen atoms in total. The second kappa shape index (κ2) is 10.5. The number of ether oxygens (including phenoxy) is 2. The molecule has 3 aromatic rings. The van der Waals surface area contributed by atoms with Crippen LogP contribution in [0.2, 0.25) is 0 Å². The summed E-state index contributed by atoms with van der Waals surface area (Å²) in [5.74, 6) is -0.447. The SMILES string of the molecule is COc1cccc(C(NCC(=O)O)C(=O)N(C)Cc2c(OC)c(C#N)cc3ccccc23)c1. The third-order valence-electron chi connectivity index (χ3n) is 5.33. The fourth-order valence-corrected chi connectivity index (χ4v) is 3.77. The van der Waals surface area contributed by atoms with Crippen molar-refractivity contribution >= 4 is 22.6 Å². The van der Waals surface area contributed by atoms with Crippen LogP contribution in [0.15, 0.2) is 54.6 Å². The monoisotopic (exact) mass is 447 g/mol. The number of likely N-dealkylation sites (N-methyl/N-ethyl adjacent to an activating group) is 1. The van der Waals surface area contributed by atoms with E-state index in [-0.39, 0.29) is 12.5 Å². The summed E-state index contributed by atoms with van der Waals surface area (Å²) in [6.45, 7) is -0.231. The number of nitrogens with one attached hydrogen (secondary N) is 1. The lowest BCUT2D eigenvalue weighted by Gasteiger charge is -2.26. The van der Waals surface area contributed by atoms with E-state index in [1.165, 1.54) is 19.1 Å². The highest BCUT2D eigenvalue weighted by molar-refractivity contribution is 5.91. The lowest BCUT2D eigenvalue weighted by molar-refractivity contribution is -0.137. The molecule has 1 unspecified atom stereocenters. The van der Waals surface area contributed by atoms with E-state index in [9.17, 15) is 14.9 Å². The zero-order valence-corrected chi connectivity index (χ0v) is 18.7. The van der Waals surface area contributed by atoms with Crippen LogP contribution in [-0.4, -0.2) is 49.7 Å². The number of benzene rings is 3. The number of rotatable bonds is 9. The Labute approximate surface area is 192 Å². The normalized spacial score (nSPS) is 11.5. The largest absolute Gasteiger partial charge is 0.497 e. The summed E-state index contributed by atoms with van der Waals surface area (Å²) in [5.41, 5.74) is 1.65. The molecule has 2 N–H and O–H groups in total. The lowest BCUT2D eigenvalue weighted by Crippen LogP contribution is -2.40. The summed E-state index contributed by atoms with van der Waals surface area (Å²) in [7, 11) is 4.64. The smallest absolute Gasteiger partial charge is 0.317 e. The number of methoxy groups -OCH3 is 2. The van der Waals surface area contributed by atoms with Crippen LogP contribution in [0, 0.1) is 11.3 Å². The van der Waals surface area contributed by atoms with Crippen LogP contribution < -0.4 is 14.8 Å². The van der Waals surface area contributed by atoms with E-state index in [1.54, 1.807) is 37.4 Å². The molecule has 3 rings (SSSR count). The molecule has 1 atom stereocenters. The first-order valence-corrected chi connectivity index (χ1v) is 10.2. The van der Waals surface area contributed by atoms with Crippen LogP contribution in [0.4, 0.5) is 0 Å². The van der Waals surface area contributed by atoms with Crippen molar-refractivity contribution in [2.45, 2.75) is 12.6 Å². The molecule has 0 fully saturated rings. The molecule has 0 aliphatic heterocycles. The van der Waals surface area contributed by atoms with E-state index in [0.29, 0.717) is 28.2 Å². The van der Waals surface area contributed by atoms with E-state index in [2.05, 4.69) is 11.4 Å². The van der Waals surface area contributed by atoms with Gasteiger partial charge in [-0.15, -0.1) is 0 Å². The van der Waals surface area contributed by atoms with Gasteiger partial charge in [-0.1, -0.05) is 36.4 Å². The summed E-state index contributed by atoms with van der Waals surface area (Å²) in [5, 5.41) is 23.3. The van der Waals surface area contributed by atoms with Gasteiger partial charge in [0, 0.05) is 19.2 Å². The number of hydrogen-bond donors (Lipinski definition) is 2. The fourth-order valence-electron chi connectivity index (χ4n) is 3.77. The quantitative estimate of drug-likeness (QED) is 0.518. The van der Waals surface area contributed by atoms with Crippen molar-refractivity contribution in [3.05, 3.63) is 71.3 Å². The third-order valence-corrected chi connectivity index (χ3v) is 5.33. The Bertz CT molecular complexity index is 1220. The van der Waals surface area contributed by atoms with Crippen LogP contribution >= 0.6 is 0 Å². The van der Waals surface area contributed by atoms with Gasteiger partial charge in [0.25, 0.3) is 0 Å². The maximum atomic E-state index is 13.5. The number of carboxylic acids is 1. The minimum Gasteiger partial charge on any atom is -0.497 e. The molecular weight excluding hydrogens is 422 g/mol. The molecule has 0 bridgehead atoms. The minimum atomic E-state index is -1.08. The Morgan fingerprint density at radius 2 is 1.88 bits per heavy atom. The van der Waals surface area contributed by atoms with E-state index in [4.69, 9.17) is 14.6 Å². The average molecular weight is 447 g/mol. The van der Waals surface area contributed by atoms with Crippen molar-refractivity contribution in [1.82, 2.24) is 10.2 Å². The van der Waals surface area contributed by atoms with Crippen LogP contribution in [0.1, 0.15) is 22.7 Å². The molecular formula is C25H25N3O5. The van der Waals surface area contributed by atoms with Crippen molar-refractivity contribution in [3.63, 3.8) is 0 Å². The van der Waals surface area contributed by atoms with Crippen molar-refractivity contribution in [2.24, 2.45) is 0 Å². The van der Waals surface area contributed by atoms with Gasteiger partial charge in [-0.3, -0.25) is 14.9 Å². The summed E-state index contributed by atoms with van der Waals surface area (Å²) in [4.78, 5) is 26.1. The second-order valence-corrected chi connectivity index (χ2v) is 7.45. The van der Waals surface area contributed by atoms with Gasteiger partial charge in [-0.05, 0) is 34.5 Å². The molecule has 33 heavy (non-hydrogen) atoms. The number of nitriles is 1. The van der Waals surface area contributed by atoms with Gasteiger partial charge >= 0.3 is 5.97 Å². The van der Waals surface area contributed by atoms with Crippen LogP contribution in [0.25, 0.3) is 10.8 Å². The molecule has 8 heteroatoms. The highest BCUT2D eigenvalue weighted by atomic mass is 16.5. The molecule has 0 aromatic heterocycles. The molecule has 0 saturated heterocycles. The Hall–Kier alpha value is -4.09. The van der Waals surface area contributed by atoms with E-state index < -0.39 is 18.6 Å². The summed E-state index contributed by atoms with van der Waals surface area (Å²) >= 11 is 0. The number of carbonyl (C=O) groups excluding carboxylic acids is 1. The molecule has 0 aliphatic rings. The number of carbonyl (C=O) groups is 2. The van der Waals surface area contributed by atoms with Crippen molar-refractivity contribution in [2.75, 3.05) is 27.8 Å². The first-order valence-electron chi connectivity index (χ1n) is 10.2. The van der Waals surface area contributed by atoms with E-state index >= 15 is 0 Å². The van der Waals surface area contributed by atoms with Crippen molar-refractivity contribution in [1.29, 1.82) is 5.26 Å². The van der Waals surface area contributed by atoms with Crippen LogP contribution in [-0.2, 0) is 16.1 Å². The molecule has 170 valence electrons. The topological polar surface area (TPSA) is 112 Å². The van der Waals surface area contributed by atoms with Crippen LogP contribution in [0.3, 0.4) is 0 Å². The predicted octanol–water partition coefficient (Wildman–Crippen LogP) is 3.10. The highest BCUT2D eigenvalue weighted by Gasteiger charge is 2.26. The molecule has 0 saturated carbocycles. The number of hydrogen-bond acceptors (Lipinski definition) is 6. The van der Waals surface area contributed by atoms with Gasteiger partial charge in [-0.25, -0.2) is 0 Å². The number of carboxylic acid groups (broad SMARTS) is 1. The Morgan fingerprint density at radius 1 is 1.12 bits per heavy atom. The maximum absolute atomic E-state index is 13.5. The lowest BCUT2D eigenvalue weighted by atomic mass is 9.98. The zero-order valence-electron chi connectivity index (χ0n) is 18.7. The maximum Gasteiger partial charge on any atom is 0.317 e. The summed E-state index contributed by atoms with van der Waals surface area (Å²) in [6.07, 6.45) is 0. The molecule has 0 radical (unpaired) electrons. The van der Waals surface area contributed by atoms with E-state index in [0.717, 1.165) is 10.8 Å². The molecule has 0 aliphatic carbocycles. The first-order chi connectivity index (χ1) is 15.9. The molecule has 3 aromatic carbocycles. The first kappa shape index (κ1) is 23.6. The summed E-state index contributed by atoms with van der Waals surface area (Å²) < 4.78 is 10.8. The van der Waals surface area contributed by atoms with Gasteiger partial charge in [-0.2, -0.15) is 5.26 Å². The average Bonchev–Trinajstić information content (AvgIpc) is 2.83. The second-order valence-electron chi connectivity index (χ2n) is 7.45. The van der Waals surface area contributed by atoms with Gasteiger partial charge in [0.05, 0.1) is 26.3 Å². The standard InChI is InChI=1S/C25H25N3O5/c1-28(15-21-20-10-5-4-7-16(20)11-18(13-26)24(21)33-3)25(31)23(27-14-22(29)30)17-8-6-9-19(12-17)32-2/h4-12,23,27H,14-15H2,1-3H3,(H,29,30). The van der Waals surface area contributed by atoms with Gasteiger partial charge in [0.15, 0.2) is 0 Å². The van der Waals surface area contributed by atoms with Gasteiger partial charge < -0.3 is 19.5 Å².